The van der Waals surface area contributed by atoms with Crippen molar-refractivity contribution in [3.8, 4) is 0 Å². The van der Waals surface area contributed by atoms with Crippen LogP contribution in [0.3, 0.4) is 0 Å². The summed E-state index contributed by atoms with van der Waals surface area (Å²) in [4.78, 5) is 51.3. The number of aliphatic hydroxyl groups excluding tert-OH is 1. The molecule has 61 heteroatoms. The molecule has 7 aliphatic heterocycles. The maximum atomic E-state index is 14.1. The molecule has 119 heavy (non-hydrogen) atoms. The van der Waals surface area contributed by atoms with Gasteiger partial charge in [0.25, 0.3) is 0 Å². The number of carbonyl (C=O) groups is 4. The highest BCUT2D eigenvalue weighted by molar-refractivity contribution is 8.00. The fourth-order valence-electron chi connectivity index (χ4n) is 14.1. The molecule has 0 radical (unpaired) electrons. The molecule has 7 fully saturated rings. The van der Waals surface area contributed by atoms with Crippen LogP contribution < -0.4 is 16.0 Å². The molecular formula is C58H99N3O51S7. The van der Waals surface area contributed by atoms with Gasteiger partial charge in [0.15, 0.2) is 49.3 Å². The lowest BCUT2D eigenvalue weighted by atomic mass is 9.83. The van der Waals surface area contributed by atoms with E-state index in [4.69, 9.17) is 107 Å². The summed E-state index contributed by atoms with van der Waals surface area (Å²) < 4.78 is 352. The van der Waals surface area contributed by atoms with Crippen molar-refractivity contribution < 1.29 is 232 Å². The maximum absolute atomic E-state index is 14.1. The first-order valence-electron chi connectivity index (χ1n) is 35.6. The van der Waals surface area contributed by atoms with Gasteiger partial charge in [-0.2, -0.15) is 62.3 Å². The molecule has 694 valence electrons. The molecule has 0 aromatic rings. The van der Waals surface area contributed by atoms with Crippen LogP contribution in [0.4, 0.5) is 4.79 Å². The van der Waals surface area contributed by atoms with Crippen molar-refractivity contribution in [2.24, 2.45) is 5.92 Å². The molecule has 7 rings (SSSR count). The summed E-state index contributed by atoms with van der Waals surface area (Å²) in [7, 11) is -27.8. The number of thioether (sulfide) groups is 1. The molecule has 28 atom stereocenters. The summed E-state index contributed by atoms with van der Waals surface area (Å²) >= 11 is 1.80. The van der Waals surface area contributed by atoms with Crippen molar-refractivity contribution in [3.63, 3.8) is 0 Å². The predicted octanol–water partition coefficient (Wildman–Crippen LogP) is -6.25. The summed E-state index contributed by atoms with van der Waals surface area (Å²) in [5.41, 5.74) is -2.98. The summed E-state index contributed by atoms with van der Waals surface area (Å²) in [5.74, 6) is -5.45. The highest BCUT2D eigenvalue weighted by Crippen LogP contribution is 2.45. The highest BCUT2D eigenvalue weighted by atomic mass is 32.3. The molecule has 7 saturated heterocycles. The van der Waals surface area contributed by atoms with Gasteiger partial charge in [-0.1, -0.05) is 13.3 Å². The Morgan fingerprint density at radius 2 is 0.992 bits per heavy atom. The van der Waals surface area contributed by atoms with Crippen molar-refractivity contribution in [2.75, 3.05) is 135 Å². The molecule has 7 heterocycles. The highest BCUT2D eigenvalue weighted by Gasteiger charge is 2.65. The van der Waals surface area contributed by atoms with E-state index >= 15 is 0 Å². The first-order chi connectivity index (χ1) is 55.8. The molecule has 12 N–H and O–H groups in total. The Labute approximate surface area is 686 Å². The van der Waals surface area contributed by atoms with Crippen LogP contribution in [0.1, 0.15) is 39.0 Å². The van der Waals surface area contributed by atoms with Gasteiger partial charge in [-0.25, -0.2) is 34.7 Å². The van der Waals surface area contributed by atoms with Crippen LogP contribution in [0.2, 0.25) is 0 Å². The number of fused-ring (bicyclic) bond motifs is 1. The molecule has 27 unspecified atom stereocenters. The van der Waals surface area contributed by atoms with Crippen LogP contribution in [-0.4, -0.2) is 416 Å². The standard InChI is InChI=1S/C58H99N3O51S7/c1-9-58(56(66)67)49(108-53-45(91-6)40(88-3)36(29(103-53)23-99-114(69,70)71)97-21-20-96-19-18-95-17-16-94-15-14-59-33(62)13-11-10-12-32-34-28(26-113-32)60-57(68)61-34)43(90-5)46(92-7)55(109-58)107-38-31(25-101-116(75,76)77)104-54(48(112-119(84,85)86)42(38)110-117(78,79)80)106-35-27(50(63)64)22-98-44(39(35)87-2)51(65)105-37-30(24-100-115(72,73)74)102-52(93-8)47(41(37)89-4)111-118(81,82)83/h27-32,34-49,51-55,65H,9-26H2,1-8H3,(H,59,62)(H,63,64)(H,66,67)(H2,60,61,68)(H,69,70,71)(H,72,73,74)(H,75,76,77)(H,78,79,80)(H,81,82,83)(H,84,85,86)/t27?,28?,29?,30?,31?,32?,34?,35?,36?,37?,38?,39?,40?,41?,42?,43?,44-,45?,46?,47?,48?,49?,51?,52?,53?,54?,55?,58?/m1/s1. The molecule has 0 bridgehead atoms. The number of hydrogen-bond acceptors (Lipinski definition) is 44. The zero-order valence-electron chi connectivity index (χ0n) is 64.3. The molecule has 0 aromatic carbocycles. The van der Waals surface area contributed by atoms with E-state index < -0.39 is 260 Å². The maximum Gasteiger partial charge on any atom is 0.397 e. The number of carbonyl (C=O) groups excluding carboxylic acids is 2. The predicted molar refractivity (Wildman–Crippen MR) is 381 cm³/mol. The van der Waals surface area contributed by atoms with E-state index in [2.05, 4.69) is 28.5 Å². The number of hydrogen-bond donors (Lipinski definition) is 12. The van der Waals surface area contributed by atoms with E-state index in [9.17, 15) is 112 Å². The van der Waals surface area contributed by atoms with Crippen molar-refractivity contribution in [3.05, 3.63) is 0 Å². The molecule has 0 aliphatic carbocycles. The zero-order chi connectivity index (χ0) is 88.3. The lowest BCUT2D eigenvalue weighted by molar-refractivity contribution is -0.398. The average Bonchev–Trinajstić information content (AvgIpc) is 0.873. The van der Waals surface area contributed by atoms with E-state index in [1.54, 1.807) is 11.8 Å². The Kier molecular flexibility index (Phi) is 39.4. The minimum Gasteiger partial charge on any atom is -0.481 e. The van der Waals surface area contributed by atoms with Gasteiger partial charge in [-0.3, -0.25) is 36.9 Å². The van der Waals surface area contributed by atoms with Crippen LogP contribution >= 0.6 is 11.8 Å². The number of nitrogens with one attached hydrogen (secondary N) is 3. The number of rotatable bonds is 52. The summed E-state index contributed by atoms with van der Waals surface area (Å²) in [6, 6.07) is 0.0539. The second-order valence-electron chi connectivity index (χ2n) is 26.6. The topological polar surface area (TPSA) is 731 Å². The first kappa shape index (κ1) is 102. The van der Waals surface area contributed by atoms with Crippen molar-refractivity contribution in [1.29, 1.82) is 0 Å². The van der Waals surface area contributed by atoms with Gasteiger partial charge in [0.05, 0.1) is 84.8 Å². The van der Waals surface area contributed by atoms with E-state index in [-0.39, 0.29) is 76.8 Å². The molecular weight excluding hydrogens is 1780 g/mol. The molecule has 0 saturated carbocycles. The third kappa shape index (κ3) is 29.8. The Hall–Kier alpha value is -3.59. The zero-order valence-corrected chi connectivity index (χ0v) is 70.1. The Bertz CT molecular complexity index is 3960. The van der Waals surface area contributed by atoms with E-state index in [0.717, 1.165) is 75.3 Å². The summed E-state index contributed by atoms with van der Waals surface area (Å²) in [6.07, 6.45) is -49.5. The van der Waals surface area contributed by atoms with Crippen molar-refractivity contribution in [1.82, 2.24) is 16.0 Å². The number of ether oxygens (including phenoxy) is 20. The quantitative estimate of drug-likeness (QED) is 0.0117. The van der Waals surface area contributed by atoms with Gasteiger partial charge < -0.3 is 126 Å². The van der Waals surface area contributed by atoms with Gasteiger partial charge >= 0.3 is 80.4 Å². The van der Waals surface area contributed by atoms with Gasteiger partial charge in [0, 0.05) is 73.7 Å². The fraction of sp³-hybridized carbons (Fsp3) is 0.931. The number of urea groups is 1. The molecule has 54 nitrogen and oxygen atoms in total. The van der Waals surface area contributed by atoms with Crippen LogP contribution in [0.5, 0.6) is 0 Å². The lowest BCUT2D eigenvalue weighted by Gasteiger charge is -2.53. The van der Waals surface area contributed by atoms with Crippen LogP contribution in [0.15, 0.2) is 0 Å². The average molecular weight is 1880 g/mol. The number of aliphatic carboxylic acids is 2. The monoisotopic (exact) mass is 1880 g/mol. The number of carboxylic acid groups (broad SMARTS) is 2. The second-order valence-corrected chi connectivity index (χ2v) is 34.3. The molecule has 0 aromatic heterocycles. The lowest BCUT2D eigenvalue weighted by Crippen LogP contribution is -2.72. The Morgan fingerprint density at radius 1 is 0.521 bits per heavy atom. The number of unbranched alkanes of at least 4 members (excludes halogenated alkanes) is 1. The molecule has 0 spiro atoms. The van der Waals surface area contributed by atoms with Crippen LogP contribution in [0, 0.1) is 5.92 Å². The van der Waals surface area contributed by atoms with E-state index in [1.807, 2.05) is 0 Å². The SMILES string of the molecule is CCC1(C(=O)O)OC(OC2C(COS(=O)(=O)O)OC(OC3C(C(=O)O)CO[C@@H](C(O)OC4C(COS(=O)(=O)O)OC(OC)C(OS(=O)(=O)O)C4OC)C3OC)C(OS(=O)(=O)O)C2OS(=O)(=O)O)C(OC)C(OC)C1OC1OC(COS(=O)(=O)O)C(OCCOCCOCCOCCNC(=O)CCCCC2SCC3NC(=O)NC32)C(OC)C1OC. The molecule has 7 aliphatic rings. The second kappa shape index (κ2) is 45.7. The number of carboxylic acids is 2. The summed E-state index contributed by atoms with van der Waals surface area (Å²) in [5, 5.41) is 42.8. The Balaban J connectivity index is 1.09. The minimum absolute atomic E-state index is 0.00819. The van der Waals surface area contributed by atoms with Crippen molar-refractivity contribution in [2.45, 2.75) is 203 Å². The third-order valence-corrected chi connectivity index (χ3v) is 23.5. The number of methoxy groups -OCH3 is 7. The number of aliphatic hydroxyl groups is 1. The van der Waals surface area contributed by atoms with Crippen LogP contribution in [-0.2, 0) is 197 Å². The fourth-order valence-corrected chi connectivity index (χ4v) is 18.0. The normalized spacial score (nSPS) is 35.2. The summed E-state index contributed by atoms with van der Waals surface area (Å²) in [6.45, 7) is -3.76. The van der Waals surface area contributed by atoms with E-state index in [0.29, 0.717) is 18.1 Å². The van der Waals surface area contributed by atoms with Gasteiger partial charge in [0.2, 0.25) is 5.91 Å². The Morgan fingerprint density at radius 3 is 1.50 bits per heavy atom. The van der Waals surface area contributed by atoms with E-state index in [1.165, 1.54) is 0 Å². The van der Waals surface area contributed by atoms with Gasteiger partial charge in [-0.05, 0) is 19.3 Å². The van der Waals surface area contributed by atoms with Crippen molar-refractivity contribution >= 4 is 98.0 Å². The van der Waals surface area contributed by atoms with Gasteiger partial charge in [-0.15, -0.1) is 0 Å². The minimum atomic E-state index is -6.21. The largest absolute Gasteiger partial charge is 0.481 e. The third-order valence-electron chi connectivity index (χ3n) is 19.2. The van der Waals surface area contributed by atoms with Gasteiger partial charge in [0.1, 0.15) is 104 Å². The first-order valence-corrected chi connectivity index (χ1v) is 44.9. The number of amides is 3. The van der Waals surface area contributed by atoms with Crippen LogP contribution in [0.25, 0.3) is 0 Å². The molecule has 3 amide bonds. The smallest absolute Gasteiger partial charge is 0.397 e.